The fourth-order valence-electron chi connectivity index (χ4n) is 3.24. The number of aryl methyl sites for hydroxylation is 1. The van der Waals surface area contributed by atoms with Crippen molar-refractivity contribution in [2.24, 2.45) is 5.41 Å². The van der Waals surface area contributed by atoms with Crippen molar-refractivity contribution in [1.82, 2.24) is 9.97 Å². The van der Waals surface area contributed by atoms with Gasteiger partial charge in [0.1, 0.15) is 5.41 Å². The van der Waals surface area contributed by atoms with Crippen molar-refractivity contribution in [3.8, 4) is 0 Å². The van der Waals surface area contributed by atoms with Crippen molar-refractivity contribution in [3.05, 3.63) is 53.9 Å². The zero-order chi connectivity index (χ0) is 17.2. The Labute approximate surface area is 140 Å². The molecule has 1 fully saturated rings. The third-order valence-corrected chi connectivity index (χ3v) is 4.71. The molecule has 0 bridgehead atoms. The molecule has 6 heteroatoms. The van der Waals surface area contributed by atoms with E-state index in [0.717, 1.165) is 11.3 Å². The lowest BCUT2D eigenvalue weighted by atomic mass is 9.72. The maximum absolute atomic E-state index is 12.0. The van der Waals surface area contributed by atoms with Crippen molar-refractivity contribution in [1.29, 1.82) is 0 Å². The molecular weight excluding hydrogens is 306 g/mol. The van der Waals surface area contributed by atoms with Gasteiger partial charge in [0.15, 0.2) is 0 Å². The molecule has 2 aromatic rings. The number of carboxylic acids is 1. The molecule has 3 rings (SSSR count). The normalized spacial score (nSPS) is 23.9. The molecule has 0 amide bonds. The minimum absolute atomic E-state index is 0.211. The quantitative estimate of drug-likeness (QED) is 0.888. The number of carbonyl (C=O) groups is 1. The van der Waals surface area contributed by atoms with Crippen LogP contribution in [-0.4, -0.2) is 45.3 Å². The molecular formula is C18H21N3O3. The zero-order valence-corrected chi connectivity index (χ0v) is 13.6. The van der Waals surface area contributed by atoms with Crippen LogP contribution in [0.25, 0.3) is 0 Å². The maximum atomic E-state index is 12.0. The smallest absolute Gasteiger partial charge is 0.312 e. The van der Waals surface area contributed by atoms with Crippen LogP contribution in [0.2, 0.25) is 0 Å². The minimum Gasteiger partial charge on any atom is -0.481 e. The summed E-state index contributed by atoms with van der Waals surface area (Å²) in [6.45, 7) is 2.59. The van der Waals surface area contributed by atoms with Crippen molar-refractivity contribution >= 4 is 11.9 Å². The first-order chi connectivity index (χ1) is 11.5. The predicted molar refractivity (Wildman–Crippen MR) is 89.8 cm³/mol. The van der Waals surface area contributed by atoms with E-state index in [1.807, 2.05) is 42.2 Å². The predicted octanol–water partition coefficient (Wildman–Crippen LogP) is 1.67. The number of β-amino-alcohol motifs (C(OH)–C–C–N with tert-alkyl or cyclic N) is 1. The summed E-state index contributed by atoms with van der Waals surface area (Å²) in [5.41, 5.74) is 0.579. The van der Waals surface area contributed by atoms with Crippen LogP contribution >= 0.6 is 0 Å². The number of carboxylic acid groups (broad SMARTS) is 1. The molecule has 1 aliphatic rings. The molecule has 6 nitrogen and oxygen atoms in total. The molecule has 126 valence electrons. The topological polar surface area (TPSA) is 86.6 Å². The van der Waals surface area contributed by atoms with Crippen LogP contribution in [0.15, 0.2) is 42.6 Å². The van der Waals surface area contributed by atoms with Crippen molar-refractivity contribution in [2.75, 3.05) is 18.0 Å². The minimum atomic E-state index is -1.18. The number of hydrogen-bond donors (Lipinski definition) is 2. The van der Waals surface area contributed by atoms with E-state index >= 15 is 0 Å². The lowest BCUT2D eigenvalue weighted by Crippen LogP contribution is -2.56. The summed E-state index contributed by atoms with van der Waals surface area (Å²) in [5.74, 6) is -0.420. The Morgan fingerprint density at radius 2 is 2.08 bits per heavy atom. The van der Waals surface area contributed by atoms with Crippen LogP contribution in [-0.2, 0) is 11.2 Å². The number of rotatable bonds is 4. The summed E-state index contributed by atoms with van der Waals surface area (Å²) < 4.78 is 0. The van der Waals surface area contributed by atoms with Crippen molar-refractivity contribution in [2.45, 2.75) is 25.9 Å². The van der Waals surface area contributed by atoms with Gasteiger partial charge in [-0.05, 0) is 31.4 Å². The number of aliphatic hydroxyl groups is 1. The Kier molecular flexibility index (Phi) is 4.49. The molecule has 2 heterocycles. The standard InChI is InChI=1S/C18H21N3O3/c1-13-7-9-19-17(20-13)21-10-8-18(16(23)24,15(22)12-21)11-14-5-3-2-4-6-14/h2-7,9,15,22H,8,10-12H2,1H3,(H,23,24)/t15-,18-/m1/s1. The lowest BCUT2D eigenvalue weighted by Gasteiger charge is -2.42. The van der Waals surface area contributed by atoms with Gasteiger partial charge >= 0.3 is 5.97 Å². The van der Waals surface area contributed by atoms with Gasteiger partial charge in [0.05, 0.1) is 6.10 Å². The SMILES string of the molecule is Cc1ccnc(N2CC[C@](Cc3ccccc3)(C(=O)O)[C@H](O)C2)n1. The second-order valence-corrected chi connectivity index (χ2v) is 6.33. The molecule has 1 aromatic heterocycles. The summed E-state index contributed by atoms with van der Waals surface area (Å²) in [6.07, 6.45) is 1.34. The highest BCUT2D eigenvalue weighted by Crippen LogP contribution is 2.36. The van der Waals surface area contributed by atoms with E-state index < -0.39 is 17.5 Å². The molecule has 0 saturated carbocycles. The van der Waals surface area contributed by atoms with Crippen LogP contribution in [0.1, 0.15) is 17.7 Å². The zero-order valence-electron chi connectivity index (χ0n) is 13.6. The molecule has 0 unspecified atom stereocenters. The second-order valence-electron chi connectivity index (χ2n) is 6.33. The highest BCUT2D eigenvalue weighted by molar-refractivity contribution is 5.76. The van der Waals surface area contributed by atoms with Gasteiger partial charge in [-0.1, -0.05) is 30.3 Å². The van der Waals surface area contributed by atoms with Crippen molar-refractivity contribution < 1.29 is 15.0 Å². The van der Waals surface area contributed by atoms with Gasteiger partial charge in [-0.2, -0.15) is 0 Å². The van der Waals surface area contributed by atoms with E-state index in [-0.39, 0.29) is 6.54 Å². The Morgan fingerprint density at radius 3 is 2.71 bits per heavy atom. The Morgan fingerprint density at radius 1 is 1.33 bits per heavy atom. The summed E-state index contributed by atoms with van der Waals surface area (Å²) >= 11 is 0. The monoisotopic (exact) mass is 327 g/mol. The Hall–Kier alpha value is -2.47. The van der Waals surface area contributed by atoms with Gasteiger partial charge < -0.3 is 15.1 Å². The number of aliphatic hydroxyl groups excluding tert-OH is 1. The van der Waals surface area contributed by atoms with E-state index in [1.54, 1.807) is 12.3 Å². The van der Waals surface area contributed by atoms with Gasteiger partial charge in [-0.25, -0.2) is 9.97 Å². The third-order valence-electron chi connectivity index (χ3n) is 4.71. The number of aromatic nitrogens is 2. The molecule has 24 heavy (non-hydrogen) atoms. The van der Waals surface area contributed by atoms with Gasteiger partial charge in [0.25, 0.3) is 0 Å². The summed E-state index contributed by atoms with van der Waals surface area (Å²) in [4.78, 5) is 22.4. The number of hydrogen-bond acceptors (Lipinski definition) is 5. The maximum Gasteiger partial charge on any atom is 0.312 e. The van der Waals surface area contributed by atoms with E-state index in [1.165, 1.54) is 0 Å². The van der Waals surface area contributed by atoms with Gasteiger partial charge in [0, 0.05) is 25.0 Å². The van der Waals surface area contributed by atoms with Crippen LogP contribution in [0, 0.1) is 12.3 Å². The fourth-order valence-corrected chi connectivity index (χ4v) is 3.24. The first kappa shape index (κ1) is 16.4. The number of nitrogens with zero attached hydrogens (tertiary/aromatic N) is 3. The number of aliphatic carboxylic acids is 1. The first-order valence-electron chi connectivity index (χ1n) is 8.01. The fraction of sp³-hybridized carbons (Fsp3) is 0.389. The summed E-state index contributed by atoms with van der Waals surface area (Å²) in [6, 6.07) is 11.3. The lowest BCUT2D eigenvalue weighted by molar-refractivity contribution is -0.158. The molecule has 2 N–H and O–H groups in total. The van der Waals surface area contributed by atoms with E-state index in [9.17, 15) is 15.0 Å². The van der Waals surface area contributed by atoms with Crippen LogP contribution in [0.3, 0.4) is 0 Å². The number of piperidine rings is 1. The molecule has 1 saturated heterocycles. The average Bonchev–Trinajstić information content (AvgIpc) is 2.57. The number of benzene rings is 1. The molecule has 1 aliphatic heterocycles. The highest BCUT2D eigenvalue weighted by atomic mass is 16.4. The third kappa shape index (κ3) is 3.10. The second kappa shape index (κ2) is 6.57. The van der Waals surface area contributed by atoms with E-state index in [0.29, 0.717) is 25.3 Å². The van der Waals surface area contributed by atoms with Gasteiger partial charge in [-0.3, -0.25) is 4.79 Å². The van der Waals surface area contributed by atoms with Gasteiger partial charge in [0.2, 0.25) is 5.95 Å². The Bertz CT molecular complexity index is 722. The summed E-state index contributed by atoms with van der Waals surface area (Å²) in [5, 5.41) is 20.5. The van der Waals surface area contributed by atoms with E-state index in [4.69, 9.17) is 0 Å². The van der Waals surface area contributed by atoms with Crippen LogP contribution in [0.5, 0.6) is 0 Å². The molecule has 2 atom stereocenters. The molecule has 0 radical (unpaired) electrons. The highest BCUT2D eigenvalue weighted by Gasteiger charge is 2.49. The summed E-state index contributed by atoms with van der Waals surface area (Å²) in [7, 11) is 0. The molecule has 0 spiro atoms. The first-order valence-corrected chi connectivity index (χ1v) is 8.01. The molecule has 1 aromatic carbocycles. The van der Waals surface area contributed by atoms with Crippen LogP contribution < -0.4 is 4.90 Å². The largest absolute Gasteiger partial charge is 0.481 e. The van der Waals surface area contributed by atoms with E-state index in [2.05, 4.69) is 9.97 Å². The van der Waals surface area contributed by atoms with Crippen molar-refractivity contribution in [3.63, 3.8) is 0 Å². The average molecular weight is 327 g/mol. The van der Waals surface area contributed by atoms with Gasteiger partial charge in [-0.15, -0.1) is 0 Å². The number of anilines is 1. The van der Waals surface area contributed by atoms with Crippen LogP contribution in [0.4, 0.5) is 5.95 Å². The molecule has 0 aliphatic carbocycles. The Balaban J connectivity index is 1.82.